The molecule has 1 N–H and O–H groups in total. The Balaban J connectivity index is 1.57. The Morgan fingerprint density at radius 3 is 2.67 bits per heavy atom. The van der Waals surface area contributed by atoms with Crippen molar-refractivity contribution >= 4 is 23.1 Å². The number of nitrogens with one attached hydrogen (secondary N) is 1. The first-order valence-electron chi connectivity index (χ1n) is 9.22. The molecule has 4 aromatic rings. The minimum atomic E-state index is -0.829. The zero-order chi connectivity index (χ0) is 21.3. The van der Waals surface area contributed by atoms with E-state index in [1.165, 1.54) is 28.4 Å². The van der Waals surface area contributed by atoms with Gasteiger partial charge in [0, 0.05) is 17.8 Å². The third kappa shape index (κ3) is 3.90. The summed E-state index contributed by atoms with van der Waals surface area (Å²) in [4.78, 5) is 34.3. The molecule has 0 spiro atoms. The number of aromatic nitrogens is 6. The zero-order valence-corrected chi connectivity index (χ0v) is 17.4. The fourth-order valence-electron chi connectivity index (χ4n) is 2.99. The molecule has 4 heterocycles. The van der Waals surface area contributed by atoms with Crippen LogP contribution in [0.2, 0.25) is 0 Å². The van der Waals surface area contributed by atoms with Gasteiger partial charge in [0.1, 0.15) is 23.9 Å². The first kappa shape index (κ1) is 19.6. The lowest BCUT2D eigenvalue weighted by atomic mass is 10.3. The first-order chi connectivity index (χ1) is 14.4. The van der Waals surface area contributed by atoms with Crippen molar-refractivity contribution in [3.05, 3.63) is 69.8 Å². The van der Waals surface area contributed by atoms with Crippen LogP contribution in [0.1, 0.15) is 24.4 Å². The fourth-order valence-corrected chi connectivity index (χ4v) is 3.68. The molecule has 0 radical (unpaired) electrons. The monoisotopic (exact) mass is 421 g/mol. The van der Waals surface area contributed by atoms with Crippen LogP contribution in [-0.4, -0.2) is 35.4 Å². The predicted molar refractivity (Wildman–Crippen MR) is 114 cm³/mol. The molecule has 0 aliphatic heterocycles. The van der Waals surface area contributed by atoms with Gasteiger partial charge >= 0.3 is 0 Å². The number of carbonyl (C=O) groups is 1. The number of amides is 1. The van der Waals surface area contributed by atoms with Crippen molar-refractivity contribution < 1.29 is 4.79 Å². The Hall–Kier alpha value is -3.66. The van der Waals surface area contributed by atoms with Crippen molar-refractivity contribution in [2.45, 2.75) is 26.8 Å². The number of carbonyl (C=O) groups excluding carboxylic acids is 1. The van der Waals surface area contributed by atoms with Crippen LogP contribution < -0.4 is 10.9 Å². The second-order valence-electron chi connectivity index (χ2n) is 6.74. The summed E-state index contributed by atoms with van der Waals surface area (Å²) in [5.74, 6) is 0.436. The van der Waals surface area contributed by atoms with E-state index in [1.807, 2.05) is 37.4 Å². The molecule has 4 rings (SSSR count). The second kappa shape index (κ2) is 7.99. The van der Waals surface area contributed by atoms with Crippen molar-refractivity contribution in [1.82, 2.24) is 29.5 Å². The summed E-state index contributed by atoms with van der Waals surface area (Å²) in [6, 6.07) is 9.61. The topological polar surface area (TPSA) is 108 Å². The number of aryl methyl sites for hydroxylation is 2. The van der Waals surface area contributed by atoms with Gasteiger partial charge in [0.15, 0.2) is 5.82 Å². The first-order valence-corrected chi connectivity index (χ1v) is 10.1. The van der Waals surface area contributed by atoms with Crippen molar-refractivity contribution in [1.29, 1.82) is 0 Å². The van der Waals surface area contributed by atoms with Crippen LogP contribution in [0.15, 0.2) is 52.9 Å². The van der Waals surface area contributed by atoms with Gasteiger partial charge in [-0.05, 0) is 44.4 Å². The second-order valence-corrected chi connectivity index (χ2v) is 7.69. The van der Waals surface area contributed by atoms with E-state index in [-0.39, 0.29) is 5.56 Å². The summed E-state index contributed by atoms with van der Waals surface area (Å²) in [6.45, 7) is 5.43. The lowest BCUT2D eigenvalue weighted by molar-refractivity contribution is -0.119. The van der Waals surface area contributed by atoms with E-state index in [9.17, 15) is 9.59 Å². The van der Waals surface area contributed by atoms with Gasteiger partial charge in [0.2, 0.25) is 5.91 Å². The van der Waals surface area contributed by atoms with E-state index < -0.39 is 11.9 Å². The van der Waals surface area contributed by atoms with Crippen LogP contribution in [0, 0.1) is 13.8 Å². The average molecular weight is 421 g/mol. The molecule has 0 aliphatic carbocycles. The van der Waals surface area contributed by atoms with Gasteiger partial charge in [-0.3, -0.25) is 9.59 Å². The van der Waals surface area contributed by atoms with Gasteiger partial charge in [0.25, 0.3) is 5.56 Å². The number of thiophene rings is 1. The maximum absolute atomic E-state index is 12.8. The lowest BCUT2D eigenvalue weighted by Crippen LogP contribution is -2.33. The summed E-state index contributed by atoms with van der Waals surface area (Å²) in [5, 5.41) is 13.4. The Bertz CT molecular complexity index is 1260. The third-order valence-electron chi connectivity index (χ3n) is 4.48. The van der Waals surface area contributed by atoms with E-state index in [1.54, 1.807) is 23.7 Å². The highest BCUT2D eigenvalue weighted by Gasteiger charge is 2.19. The molecule has 0 aliphatic rings. The number of anilines is 1. The summed E-state index contributed by atoms with van der Waals surface area (Å²) in [7, 11) is 0. The number of hydrogen-bond donors (Lipinski definition) is 1. The van der Waals surface area contributed by atoms with Crippen LogP contribution in [-0.2, 0) is 4.79 Å². The van der Waals surface area contributed by atoms with Gasteiger partial charge < -0.3 is 5.32 Å². The number of rotatable bonds is 5. The van der Waals surface area contributed by atoms with Crippen molar-refractivity contribution in [2.75, 3.05) is 5.32 Å². The van der Waals surface area contributed by atoms with Crippen molar-refractivity contribution in [2.24, 2.45) is 0 Å². The smallest absolute Gasteiger partial charge is 0.267 e. The summed E-state index contributed by atoms with van der Waals surface area (Å²) in [6.07, 6.45) is 1.36. The molecular weight excluding hydrogens is 402 g/mol. The van der Waals surface area contributed by atoms with Gasteiger partial charge in [-0.1, -0.05) is 6.07 Å². The van der Waals surface area contributed by atoms with Crippen LogP contribution >= 0.6 is 11.3 Å². The average Bonchev–Trinajstić information content (AvgIpc) is 3.37. The molecular formula is C20H19N7O2S. The highest BCUT2D eigenvalue weighted by Crippen LogP contribution is 2.22. The minimum absolute atomic E-state index is 0.312. The highest BCUT2D eigenvalue weighted by molar-refractivity contribution is 7.13. The van der Waals surface area contributed by atoms with Gasteiger partial charge in [0.05, 0.1) is 10.6 Å². The molecule has 4 aromatic heterocycles. The molecule has 0 aromatic carbocycles. The molecule has 0 fully saturated rings. The van der Waals surface area contributed by atoms with Crippen LogP contribution in [0.4, 0.5) is 5.82 Å². The normalized spacial score (nSPS) is 12.0. The van der Waals surface area contributed by atoms with Crippen LogP contribution in [0.25, 0.3) is 16.4 Å². The van der Waals surface area contributed by atoms with Gasteiger partial charge in [-0.2, -0.15) is 10.2 Å². The quantitative estimate of drug-likeness (QED) is 0.531. The molecule has 1 atom stereocenters. The molecule has 9 nitrogen and oxygen atoms in total. The molecule has 0 unspecified atom stereocenters. The minimum Gasteiger partial charge on any atom is -0.309 e. The number of nitrogens with zero attached hydrogens (tertiary/aromatic N) is 6. The fraction of sp³-hybridized carbons (Fsp3) is 0.200. The maximum atomic E-state index is 12.8. The largest absolute Gasteiger partial charge is 0.309 e. The highest BCUT2D eigenvalue weighted by atomic mass is 32.1. The van der Waals surface area contributed by atoms with Gasteiger partial charge in [-0.15, -0.1) is 11.3 Å². The molecule has 0 saturated heterocycles. The van der Waals surface area contributed by atoms with Crippen LogP contribution in [0.5, 0.6) is 0 Å². The molecule has 10 heteroatoms. The Kier molecular flexibility index (Phi) is 5.23. The molecule has 152 valence electrons. The van der Waals surface area contributed by atoms with Crippen LogP contribution in [0.3, 0.4) is 0 Å². The molecule has 0 bridgehead atoms. The maximum Gasteiger partial charge on any atom is 0.267 e. The van der Waals surface area contributed by atoms with E-state index in [0.29, 0.717) is 17.3 Å². The Morgan fingerprint density at radius 1 is 1.13 bits per heavy atom. The van der Waals surface area contributed by atoms with E-state index >= 15 is 0 Å². The molecule has 1 amide bonds. The number of hydrogen-bond acceptors (Lipinski definition) is 7. The third-order valence-corrected chi connectivity index (χ3v) is 5.37. The molecule has 30 heavy (non-hydrogen) atoms. The standard InChI is InChI=1S/C20H19N7O2S/c1-12-9-13(2)26(24-12)18-10-17(21-11-22-18)23-20(29)14(3)27-19(28)7-6-15(25-27)16-5-4-8-30-16/h4-11,14H,1-3H3,(H,21,22,23,29)/t14-/m1/s1. The van der Waals surface area contributed by atoms with Crippen molar-refractivity contribution in [3.63, 3.8) is 0 Å². The zero-order valence-electron chi connectivity index (χ0n) is 16.6. The van der Waals surface area contributed by atoms with Crippen molar-refractivity contribution in [3.8, 4) is 16.4 Å². The summed E-state index contributed by atoms with van der Waals surface area (Å²) >= 11 is 1.51. The van der Waals surface area contributed by atoms with E-state index in [4.69, 9.17) is 0 Å². The molecule has 0 saturated carbocycles. The Morgan fingerprint density at radius 2 is 1.97 bits per heavy atom. The lowest BCUT2D eigenvalue weighted by Gasteiger charge is -2.14. The predicted octanol–water partition coefficient (Wildman–Crippen LogP) is 2.76. The SMILES string of the molecule is Cc1cc(C)n(-c2cc(NC(=O)[C@@H](C)n3nc(-c4cccs4)ccc3=O)ncn2)n1. The summed E-state index contributed by atoms with van der Waals surface area (Å²) in [5.41, 5.74) is 2.06. The Labute approximate surface area is 176 Å². The van der Waals surface area contributed by atoms with Gasteiger partial charge in [-0.25, -0.2) is 19.3 Å². The van der Waals surface area contributed by atoms with E-state index in [2.05, 4.69) is 25.5 Å². The summed E-state index contributed by atoms with van der Waals surface area (Å²) < 4.78 is 2.85. The van der Waals surface area contributed by atoms with E-state index in [0.717, 1.165) is 16.3 Å².